The zero-order valence-electron chi connectivity index (χ0n) is 13.8. The zero-order valence-corrected chi connectivity index (χ0v) is 13.8. The second-order valence-electron chi connectivity index (χ2n) is 6.62. The molecule has 2 N–H and O–H groups in total. The number of urea groups is 1. The summed E-state index contributed by atoms with van der Waals surface area (Å²) in [5, 5.41) is 5.15. The predicted molar refractivity (Wildman–Crippen MR) is 84.4 cm³/mol. The number of benzene rings is 1. The van der Waals surface area contributed by atoms with Crippen LogP contribution in [0.25, 0.3) is 0 Å². The molecule has 0 radical (unpaired) electrons. The molecule has 1 unspecified atom stereocenters. The molecule has 25 heavy (non-hydrogen) atoms. The molecular weight excluding hydrogens is 332 g/mol. The lowest BCUT2D eigenvalue weighted by molar-refractivity contribution is -0.135. The fraction of sp³-hybridized carbons (Fsp3) is 0.471. The minimum Gasteiger partial charge on any atom is -0.352 e. The number of halogens is 2. The lowest BCUT2D eigenvalue weighted by atomic mass is 9.91. The number of carbonyl (C=O) groups excluding carboxylic acids is 3. The molecule has 1 aromatic carbocycles. The third kappa shape index (κ3) is 3.20. The molecule has 134 valence electrons. The number of nitrogens with one attached hydrogen (secondary N) is 2. The van der Waals surface area contributed by atoms with Crippen LogP contribution in [-0.2, 0) is 15.1 Å². The van der Waals surface area contributed by atoms with Gasteiger partial charge < -0.3 is 10.6 Å². The third-order valence-corrected chi connectivity index (χ3v) is 4.76. The van der Waals surface area contributed by atoms with Gasteiger partial charge >= 0.3 is 6.03 Å². The van der Waals surface area contributed by atoms with Gasteiger partial charge in [0.25, 0.3) is 5.91 Å². The lowest BCUT2D eigenvalue weighted by Gasteiger charge is -2.23. The molecule has 1 heterocycles. The van der Waals surface area contributed by atoms with Crippen LogP contribution in [0.5, 0.6) is 0 Å². The lowest BCUT2D eigenvalue weighted by Crippen LogP contribution is -2.45. The van der Waals surface area contributed by atoms with Crippen molar-refractivity contribution in [1.29, 1.82) is 0 Å². The van der Waals surface area contributed by atoms with Crippen LogP contribution in [0.2, 0.25) is 0 Å². The van der Waals surface area contributed by atoms with Crippen molar-refractivity contribution in [3.8, 4) is 0 Å². The fourth-order valence-electron chi connectivity index (χ4n) is 3.39. The van der Waals surface area contributed by atoms with Gasteiger partial charge in [-0.15, -0.1) is 0 Å². The molecule has 8 heteroatoms. The number of carbonyl (C=O) groups is 3. The van der Waals surface area contributed by atoms with Crippen molar-refractivity contribution in [2.24, 2.45) is 0 Å². The van der Waals surface area contributed by atoms with E-state index >= 15 is 0 Å². The maximum absolute atomic E-state index is 14.1. The summed E-state index contributed by atoms with van der Waals surface area (Å²) in [6.07, 6.45) is 3.81. The van der Waals surface area contributed by atoms with Gasteiger partial charge in [-0.05, 0) is 38.0 Å². The van der Waals surface area contributed by atoms with Crippen LogP contribution in [0.4, 0.5) is 13.6 Å². The molecule has 1 aliphatic carbocycles. The largest absolute Gasteiger partial charge is 0.352 e. The van der Waals surface area contributed by atoms with Crippen molar-refractivity contribution in [2.75, 3.05) is 6.54 Å². The Kier molecular flexibility index (Phi) is 4.45. The molecule has 2 fully saturated rings. The monoisotopic (exact) mass is 351 g/mol. The molecule has 0 bridgehead atoms. The first kappa shape index (κ1) is 17.3. The van der Waals surface area contributed by atoms with Gasteiger partial charge in [0.2, 0.25) is 5.91 Å². The molecule has 1 aliphatic heterocycles. The van der Waals surface area contributed by atoms with Gasteiger partial charge in [0.05, 0.1) is 0 Å². The standard InChI is InChI=1S/C17H19F2N3O3/c1-17(12-8-10(18)6-7-13(12)19)15(24)22(16(25)21-17)9-14(23)20-11-4-2-3-5-11/h6-8,11H,2-5,9H2,1H3,(H,20,23)(H,21,25). The van der Waals surface area contributed by atoms with Crippen LogP contribution >= 0.6 is 0 Å². The maximum Gasteiger partial charge on any atom is 0.325 e. The predicted octanol–water partition coefficient (Wildman–Crippen LogP) is 1.79. The van der Waals surface area contributed by atoms with Gasteiger partial charge in [0.15, 0.2) is 0 Å². The minimum absolute atomic E-state index is 0.0558. The molecule has 1 saturated carbocycles. The molecule has 1 saturated heterocycles. The van der Waals surface area contributed by atoms with Crippen molar-refractivity contribution in [3.05, 3.63) is 35.4 Å². The van der Waals surface area contributed by atoms with E-state index in [0.29, 0.717) is 0 Å². The summed E-state index contributed by atoms with van der Waals surface area (Å²) in [6.45, 7) is 0.841. The summed E-state index contributed by atoms with van der Waals surface area (Å²) in [6, 6.07) is 1.94. The first-order valence-corrected chi connectivity index (χ1v) is 8.20. The van der Waals surface area contributed by atoms with Crippen molar-refractivity contribution < 1.29 is 23.2 Å². The average molecular weight is 351 g/mol. The van der Waals surface area contributed by atoms with Crippen LogP contribution in [0.3, 0.4) is 0 Å². The summed E-state index contributed by atoms with van der Waals surface area (Å²) >= 11 is 0. The summed E-state index contributed by atoms with van der Waals surface area (Å²) < 4.78 is 27.5. The summed E-state index contributed by atoms with van der Waals surface area (Å²) in [5.41, 5.74) is -2.03. The van der Waals surface area contributed by atoms with Gasteiger partial charge in [-0.1, -0.05) is 12.8 Å². The molecule has 0 spiro atoms. The smallest absolute Gasteiger partial charge is 0.325 e. The number of amides is 4. The van der Waals surface area contributed by atoms with Crippen molar-refractivity contribution >= 4 is 17.8 Å². The van der Waals surface area contributed by atoms with E-state index in [0.717, 1.165) is 48.8 Å². The first-order valence-electron chi connectivity index (χ1n) is 8.20. The van der Waals surface area contributed by atoms with Gasteiger partial charge in [-0.25, -0.2) is 13.6 Å². The van der Waals surface area contributed by atoms with Crippen LogP contribution in [0.15, 0.2) is 18.2 Å². The first-order chi connectivity index (χ1) is 11.8. The van der Waals surface area contributed by atoms with Crippen LogP contribution in [0, 0.1) is 11.6 Å². The molecular formula is C17H19F2N3O3. The van der Waals surface area contributed by atoms with E-state index in [1.54, 1.807) is 0 Å². The van der Waals surface area contributed by atoms with Crippen LogP contribution in [0.1, 0.15) is 38.2 Å². The van der Waals surface area contributed by atoms with Crippen LogP contribution in [-0.4, -0.2) is 35.3 Å². The van der Waals surface area contributed by atoms with E-state index < -0.39 is 41.6 Å². The second kappa shape index (κ2) is 6.42. The Morgan fingerprint density at radius 1 is 1.32 bits per heavy atom. The van der Waals surface area contributed by atoms with Gasteiger partial charge in [0.1, 0.15) is 23.7 Å². The van der Waals surface area contributed by atoms with E-state index in [1.807, 2.05) is 0 Å². The van der Waals surface area contributed by atoms with Crippen molar-refractivity contribution in [2.45, 2.75) is 44.2 Å². The van der Waals surface area contributed by atoms with E-state index in [1.165, 1.54) is 6.92 Å². The van der Waals surface area contributed by atoms with Gasteiger partial charge in [-0.2, -0.15) is 0 Å². The summed E-state index contributed by atoms with van der Waals surface area (Å²) in [7, 11) is 0. The Morgan fingerprint density at radius 2 is 2.00 bits per heavy atom. The highest BCUT2D eigenvalue weighted by Gasteiger charge is 2.50. The highest BCUT2D eigenvalue weighted by Crippen LogP contribution is 2.31. The highest BCUT2D eigenvalue weighted by molar-refractivity contribution is 6.09. The molecule has 0 aromatic heterocycles. The Morgan fingerprint density at radius 3 is 2.68 bits per heavy atom. The maximum atomic E-state index is 14.1. The average Bonchev–Trinajstić information content (AvgIpc) is 3.13. The third-order valence-electron chi connectivity index (χ3n) is 4.76. The van der Waals surface area contributed by atoms with E-state index in [4.69, 9.17) is 0 Å². The Bertz CT molecular complexity index is 734. The number of hydrogen-bond donors (Lipinski definition) is 2. The minimum atomic E-state index is -1.75. The normalized spacial score (nSPS) is 23.9. The molecule has 6 nitrogen and oxygen atoms in total. The summed E-state index contributed by atoms with van der Waals surface area (Å²) in [4.78, 5) is 37.6. The fourth-order valence-corrected chi connectivity index (χ4v) is 3.39. The molecule has 1 atom stereocenters. The quantitative estimate of drug-likeness (QED) is 0.812. The Hall–Kier alpha value is -2.51. The van der Waals surface area contributed by atoms with Crippen molar-refractivity contribution in [1.82, 2.24) is 15.5 Å². The highest BCUT2D eigenvalue weighted by atomic mass is 19.1. The second-order valence-corrected chi connectivity index (χ2v) is 6.62. The molecule has 1 aromatic rings. The van der Waals surface area contributed by atoms with E-state index in [2.05, 4.69) is 10.6 Å². The Labute approximate surface area is 143 Å². The number of imide groups is 1. The van der Waals surface area contributed by atoms with E-state index in [9.17, 15) is 23.2 Å². The van der Waals surface area contributed by atoms with E-state index in [-0.39, 0.29) is 11.6 Å². The van der Waals surface area contributed by atoms with Crippen molar-refractivity contribution in [3.63, 3.8) is 0 Å². The van der Waals surface area contributed by atoms with Gasteiger partial charge in [0, 0.05) is 11.6 Å². The topological polar surface area (TPSA) is 78.5 Å². The summed E-state index contributed by atoms with van der Waals surface area (Å²) in [5.74, 6) is -2.77. The number of hydrogen-bond acceptors (Lipinski definition) is 3. The molecule has 2 aliphatic rings. The zero-order chi connectivity index (χ0) is 18.2. The number of nitrogens with zero attached hydrogens (tertiary/aromatic N) is 1. The van der Waals surface area contributed by atoms with Gasteiger partial charge in [-0.3, -0.25) is 14.5 Å². The Balaban J connectivity index is 1.77. The molecule has 4 amide bonds. The number of rotatable bonds is 4. The van der Waals surface area contributed by atoms with Crippen LogP contribution < -0.4 is 10.6 Å². The molecule has 3 rings (SSSR count). The SMILES string of the molecule is CC1(c2cc(F)ccc2F)NC(=O)N(CC(=O)NC2CCCC2)C1=O.